The van der Waals surface area contributed by atoms with Crippen LogP contribution in [0.3, 0.4) is 0 Å². The highest BCUT2D eigenvalue weighted by molar-refractivity contribution is 6.10. The predicted molar refractivity (Wildman–Crippen MR) is 119 cm³/mol. The van der Waals surface area contributed by atoms with Gasteiger partial charge in [-0.2, -0.15) is 13.2 Å². The molecule has 33 heavy (non-hydrogen) atoms. The summed E-state index contributed by atoms with van der Waals surface area (Å²) in [5.41, 5.74) is 2.23. The maximum atomic E-state index is 13.5. The maximum Gasteiger partial charge on any atom is 0.449 e. The average molecular weight is 452 g/mol. The Morgan fingerprint density at radius 2 is 1.67 bits per heavy atom. The molecule has 3 aromatic carbocycles. The van der Waals surface area contributed by atoms with Crippen LogP contribution in [0, 0.1) is 6.92 Å². The van der Waals surface area contributed by atoms with Gasteiger partial charge >= 0.3 is 6.18 Å². The quantitative estimate of drug-likeness (QED) is 0.434. The molecule has 0 unspecified atom stereocenters. The number of nitrogens with one attached hydrogen (secondary N) is 2. The number of aromatic nitrogens is 2. The molecule has 168 valence electrons. The van der Waals surface area contributed by atoms with Gasteiger partial charge in [0.05, 0.1) is 22.3 Å². The summed E-state index contributed by atoms with van der Waals surface area (Å²) in [6.07, 6.45) is -4.73. The van der Waals surface area contributed by atoms with Crippen molar-refractivity contribution in [1.29, 1.82) is 0 Å². The lowest BCUT2D eigenvalue weighted by Crippen LogP contribution is -2.24. The zero-order chi connectivity index (χ0) is 23.6. The van der Waals surface area contributed by atoms with Crippen molar-refractivity contribution in [3.8, 4) is 0 Å². The number of nitrogens with zero attached hydrogens (tertiary/aromatic N) is 2. The van der Waals surface area contributed by atoms with Crippen molar-refractivity contribution in [3.05, 3.63) is 89.7 Å². The van der Waals surface area contributed by atoms with Crippen LogP contribution in [0.4, 0.5) is 24.5 Å². The van der Waals surface area contributed by atoms with Gasteiger partial charge in [0, 0.05) is 5.69 Å². The minimum absolute atomic E-state index is 0.135. The Morgan fingerprint density at radius 3 is 2.42 bits per heavy atom. The molecular formula is C24H19F3N4O2. The number of para-hydroxylation sites is 3. The van der Waals surface area contributed by atoms with E-state index in [2.05, 4.69) is 15.6 Å². The molecule has 0 aliphatic carbocycles. The number of rotatable bonds is 5. The Labute approximate surface area is 187 Å². The summed E-state index contributed by atoms with van der Waals surface area (Å²) < 4.78 is 41.3. The van der Waals surface area contributed by atoms with Crippen molar-refractivity contribution in [2.24, 2.45) is 0 Å². The van der Waals surface area contributed by atoms with E-state index in [1.807, 2.05) is 13.0 Å². The molecule has 2 N–H and O–H groups in total. The topological polar surface area (TPSA) is 76.0 Å². The Hall–Kier alpha value is -4.14. The first kappa shape index (κ1) is 22.1. The Bertz CT molecular complexity index is 1350. The minimum Gasteiger partial charge on any atom is -0.324 e. The lowest BCUT2D eigenvalue weighted by atomic mass is 10.1. The van der Waals surface area contributed by atoms with Gasteiger partial charge in [0.15, 0.2) is 0 Å². The normalized spacial score (nSPS) is 11.4. The first-order valence-electron chi connectivity index (χ1n) is 10.0. The van der Waals surface area contributed by atoms with E-state index in [1.165, 1.54) is 24.3 Å². The number of alkyl halides is 3. The van der Waals surface area contributed by atoms with Crippen molar-refractivity contribution >= 4 is 34.2 Å². The molecule has 1 heterocycles. The molecule has 0 saturated heterocycles. The minimum atomic E-state index is -4.73. The summed E-state index contributed by atoms with van der Waals surface area (Å²) in [5, 5.41) is 5.31. The third-order valence-corrected chi connectivity index (χ3v) is 4.93. The van der Waals surface area contributed by atoms with Crippen molar-refractivity contribution in [3.63, 3.8) is 0 Å². The number of hydrogen-bond acceptors (Lipinski definition) is 3. The summed E-state index contributed by atoms with van der Waals surface area (Å²) in [6, 6.07) is 19.6. The van der Waals surface area contributed by atoms with Gasteiger partial charge in [-0.05, 0) is 48.9 Å². The van der Waals surface area contributed by atoms with Crippen LogP contribution in [0.5, 0.6) is 0 Å². The number of fused-ring (bicyclic) bond motifs is 1. The number of aryl methyl sites for hydroxylation is 1. The lowest BCUT2D eigenvalue weighted by Gasteiger charge is -2.14. The van der Waals surface area contributed by atoms with Gasteiger partial charge in [-0.3, -0.25) is 9.59 Å². The second kappa shape index (κ2) is 8.78. The fourth-order valence-corrected chi connectivity index (χ4v) is 3.50. The number of benzene rings is 3. The predicted octanol–water partition coefficient (Wildman–Crippen LogP) is 5.25. The van der Waals surface area contributed by atoms with Crippen LogP contribution in [0.1, 0.15) is 21.7 Å². The zero-order valence-electron chi connectivity index (χ0n) is 17.5. The summed E-state index contributed by atoms with van der Waals surface area (Å²) in [4.78, 5) is 29.1. The molecule has 2 amide bonds. The molecule has 0 atom stereocenters. The molecule has 4 aromatic rings. The smallest absolute Gasteiger partial charge is 0.324 e. The fourth-order valence-electron chi connectivity index (χ4n) is 3.50. The number of carbonyl (C=O) groups excluding carboxylic acids is 2. The first-order valence-corrected chi connectivity index (χ1v) is 10.0. The number of halogens is 3. The van der Waals surface area contributed by atoms with E-state index < -0.39 is 30.4 Å². The number of anilines is 2. The highest BCUT2D eigenvalue weighted by Crippen LogP contribution is 2.31. The van der Waals surface area contributed by atoms with Gasteiger partial charge in [-0.25, -0.2) is 4.98 Å². The van der Waals surface area contributed by atoms with Crippen LogP contribution in [-0.4, -0.2) is 21.4 Å². The largest absolute Gasteiger partial charge is 0.449 e. The van der Waals surface area contributed by atoms with Gasteiger partial charge in [-0.15, -0.1) is 0 Å². The Morgan fingerprint density at radius 1 is 0.939 bits per heavy atom. The van der Waals surface area contributed by atoms with Crippen LogP contribution in [0.2, 0.25) is 0 Å². The fraction of sp³-hybridized carbons (Fsp3) is 0.125. The summed E-state index contributed by atoms with van der Waals surface area (Å²) in [6.45, 7) is 1.27. The molecule has 0 aliphatic heterocycles. The average Bonchev–Trinajstić information content (AvgIpc) is 3.13. The molecule has 6 nitrogen and oxygen atoms in total. The third kappa shape index (κ3) is 4.87. The second-order valence-corrected chi connectivity index (χ2v) is 7.43. The van der Waals surface area contributed by atoms with Gasteiger partial charge < -0.3 is 15.2 Å². The Kier molecular flexibility index (Phi) is 5.87. The molecule has 0 fully saturated rings. The first-order chi connectivity index (χ1) is 15.7. The van der Waals surface area contributed by atoms with E-state index in [9.17, 15) is 22.8 Å². The molecule has 0 radical (unpaired) electrons. The summed E-state index contributed by atoms with van der Waals surface area (Å²) >= 11 is 0. The van der Waals surface area contributed by atoms with E-state index in [-0.39, 0.29) is 22.3 Å². The number of amides is 2. The second-order valence-electron chi connectivity index (χ2n) is 7.43. The number of imidazole rings is 1. The van der Waals surface area contributed by atoms with Gasteiger partial charge in [0.25, 0.3) is 5.91 Å². The van der Waals surface area contributed by atoms with Gasteiger partial charge in [0.2, 0.25) is 11.7 Å². The maximum absolute atomic E-state index is 13.5. The highest BCUT2D eigenvalue weighted by Gasteiger charge is 2.38. The van der Waals surface area contributed by atoms with E-state index >= 15 is 0 Å². The molecule has 0 spiro atoms. The van der Waals surface area contributed by atoms with Crippen LogP contribution < -0.4 is 10.6 Å². The van der Waals surface area contributed by atoms with Crippen molar-refractivity contribution < 1.29 is 22.8 Å². The Balaban J connectivity index is 1.58. The molecule has 4 rings (SSSR count). The SMILES string of the molecule is Cc1cccc(NC(=O)c2ccccc2NC(=O)Cn2c(C(F)(F)F)nc3ccccc32)c1. The highest BCUT2D eigenvalue weighted by atomic mass is 19.4. The van der Waals surface area contributed by atoms with Crippen LogP contribution in [-0.2, 0) is 17.5 Å². The monoisotopic (exact) mass is 452 g/mol. The van der Waals surface area contributed by atoms with Crippen molar-refractivity contribution in [2.75, 3.05) is 10.6 Å². The van der Waals surface area contributed by atoms with Gasteiger partial charge in [-0.1, -0.05) is 36.4 Å². The van der Waals surface area contributed by atoms with E-state index in [0.717, 1.165) is 10.1 Å². The van der Waals surface area contributed by atoms with Crippen molar-refractivity contribution in [1.82, 2.24) is 9.55 Å². The van der Waals surface area contributed by atoms with E-state index in [0.29, 0.717) is 5.69 Å². The number of carbonyl (C=O) groups is 2. The molecule has 0 saturated carbocycles. The lowest BCUT2D eigenvalue weighted by molar-refractivity contribution is -0.147. The summed E-state index contributed by atoms with van der Waals surface area (Å²) in [5.74, 6) is -2.34. The standard InChI is InChI=1S/C24H19F3N4O2/c1-15-7-6-8-16(13-15)28-22(33)17-9-2-3-10-18(17)29-21(32)14-31-20-12-5-4-11-19(20)30-23(31)24(25,26)27/h2-13H,14H2,1H3,(H,28,33)(H,29,32). The van der Waals surface area contributed by atoms with Crippen molar-refractivity contribution in [2.45, 2.75) is 19.6 Å². The third-order valence-electron chi connectivity index (χ3n) is 4.93. The van der Waals surface area contributed by atoms with Crippen LogP contribution in [0.25, 0.3) is 11.0 Å². The molecular weight excluding hydrogens is 433 g/mol. The molecule has 0 aliphatic rings. The zero-order valence-corrected chi connectivity index (χ0v) is 17.5. The summed E-state index contributed by atoms with van der Waals surface area (Å²) in [7, 11) is 0. The molecule has 1 aromatic heterocycles. The number of hydrogen-bond donors (Lipinski definition) is 2. The van der Waals surface area contributed by atoms with Gasteiger partial charge in [0.1, 0.15) is 6.54 Å². The van der Waals surface area contributed by atoms with E-state index in [4.69, 9.17) is 0 Å². The van der Waals surface area contributed by atoms with Crippen LogP contribution >= 0.6 is 0 Å². The molecule has 0 bridgehead atoms. The van der Waals surface area contributed by atoms with E-state index in [1.54, 1.807) is 42.5 Å². The molecule has 9 heteroatoms. The van der Waals surface area contributed by atoms with Crippen LogP contribution in [0.15, 0.2) is 72.8 Å².